The van der Waals surface area contributed by atoms with Crippen molar-refractivity contribution in [3.8, 4) is 0 Å². The molecule has 1 heterocycles. The number of aromatic nitrogens is 1. The van der Waals surface area contributed by atoms with E-state index in [1.807, 2.05) is 12.1 Å². The van der Waals surface area contributed by atoms with Crippen LogP contribution in [0.5, 0.6) is 0 Å². The van der Waals surface area contributed by atoms with Gasteiger partial charge in [0, 0.05) is 6.20 Å². The molecule has 0 N–H and O–H groups in total. The highest BCUT2D eigenvalue weighted by atomic mass is 35.5. The fourth-order valence-electron chi connectivity index (χ4n) is 1.43. The Balaban J connectivity index is 2.85. The molecule has 1 rings (SSSR count). The molecular formula is C10H14ClN. The summed E-state index contributed by atoms with van der Waals surface area (Å²) in [4.78, 5) is 3.96. The summed E-state index contributed by atoms with van der Waals surface area (Å²) in [5.74, 6) is 0.630. The van der Waals surface area contributed by atoms with Gasteiger partial charge in [0.2, 0.25) is 0 Å². The molecule has 0 unspecified atom stereocenters. The second kappa shape index (κ2) is 4.46. The van der Waals surface area contributed by atoms with Gasteiger partial charge in [0.15, 0.2) is 0 Å². The molecule has 0 saturated carbocycles. The summed E-state index contributed by atoms with van der Waals surface area (Å²) in [6, 6.07) is 4.00. The highest BCUT2D eigenvalue weighted by Crippen LogP contribution is 2.23. The van der Waals surface area contributed by atoms with E-state index >= 15 is 0 Å². The predicted molar refractivity (Wildman–Crippen MR) is 52.6 cm³/mol. The minimum atomic E-state index is 0.597. The Morgan fingerprint density at radius 2 is 2.08 bits per heavy atom. The Hall–Kier alpha value is -0.560. The molecule has 2 heteroatoms. The lowest BCUT2D eigenvalue weighted by atomic mass is 9.95. The number of pyridine rings is 1. The molecule has 0 spiro atoms. The van der Waals surface area contributed by atoms with Crippen LogP contribution < -0.4 is 0 Å². The Kier molecular flexibility index (Phi) is 3.54. The highest BCUT2D eigenvalue weighted by Gasteiger charge is 2.06. The van der Waals surface area contributed by atoms with Gasteiger partial charge in [-0.2, -0.15) is 0 Å². The van der Waals surface area contributed by atoms with Gasteiger partial charge in [-0.1, -0.05) is 25.4 Å². The standard InChI is InChI=1S/C10H14ClN/c1-3-8(4-2)9-5-6-12-10(11)7-9/h5-8H,3-4H2,1-2H3. The van der Waals surface area contributed by atoms with Crippen molar-refractivity contribution >= 4 is 11.6 Å². The monoisotopic (exact) mass is 183 g/mol. The Morgan fingerprint density at radius 1 is 1.42 bits per heavy atom. The van der Waals surface area contributed by atoms with Gasteiger partial charge in [0.25, 0.3) is 0 Å². The van der Waals surface area contributed by atoms with Gasteiger partial charge in [-0.05, 0) is 36.5 Å². The van der Waals surface area contributed by atoms with Crippen molar-refractivity contribution < 1.29 is 0 Å². The summed E-state index contributed by atoms with van der Waals surface area (Å²) in [6.07, 6.45) is 4.10. The number of hydrogen-bond donors (Lipinski definition) is 0. The molecule has 0 aliphatic rings. The fourth-order valence-corrected chi connectivity index (χ4v) is 1.61. The maximum absolute atomic E-state index is 5.79. The molecule has 0 aliphatic carbocycles. The van der Waals surface area contributed by atoms with Crippen molar-refractivity contribution in [2.24, 2.45) is 0 Å². The molecule has 0 saturated heterocycles. The Labute approximate surface area is 78.8 Å². The first kappa shape index (κ1) is 9.53. The summed E-state index contributed by atoms with van der Waals surface area (Å²) in [5.41, 5.74) is 1.31. The Bertz CT molecular complexity index is 243. The molecular weight excluding hydrogens is 170 g/mol. The lowest BCUT2D eigenvalue weighted by Gasteiger charge is -2.11. The van der Waals surface area contributed by atoms with Crippen LogP contribution in [0, 0.1) is 0 Å². The molecule has 0 aromatic carbocycles. The highest BCUT2D eigenvalue weighted by molar-refractivity contribution is 6.29. The van der Waals surface area contributed by atoms with Crippen molar-refractivity contribution in [1.82, 2.24) is 4.98 Å². The lowest BCUT2D eigenvalue weighted by molar-refractivity contribution is 0.641. The second-order valence-corrected chi connectivity index (χ2v) is 3.31. The van der Waals surface area contributed by atoms with E-state index in [9.17, 15) is 0 Å². The Morgan fingerprint density at radius 3 is 2.58 bits per heavy atom. The van der Waals surface area contributed by atoms with Crippen molar-refractivity contribution in [3.63, 3.8) is 0 Å². The normalized spacial score (nSPS) is 10.7. The van der Waals surface area contributed by atoms with Crippen LogP contribution in [0.2, 0.25) is 5.15 Å². The van der Waals surface area contributed by atoms with Gasteiger partial charge in [-0.3, -0.25) is 0 Å². The number of rotatable bonds is 3. The number of hydrogen-bond acceptors (Lipinski definition) is 1. The van der Waals surface area contributed by atoms with E-state index in [1.54, 1.807) is 6.20 Å². The van der Waals surface area contributed by atoms with Crippen molar-refractivity contribution in [2.45, 2.75) is 32.6 Å². The predicted octanol–water partition coefficient (Wildman–Crippen LogP) is 3.64. The minimum absolute atomic E-state index is 0.597. The molecule has 0 fully saturated rings. The topological polar surface area (TPSA) is 12.9 Å². The summed E-state index contributed by atoms with van der Waals surface area (Å²) in [7, 11) is 0. The third-order valence-corrected chi connectivity index (χ3v) is 2.41. The van der Waals surface area contributed by atoms with E-state index in [0.29, 0.717) is 11.1 Å². The van der Waals surface area contributed by atoms with Gasteiger partial charge in [-0.25, -0.2) is 4.98 Å². The summed E-state index contributed by atoms with van der Waals surface area (Å²) in [6.45, 7) is 4.39. The number of nitrogens with zero attached hydrogens (tertiary/aromatic N) is 1. The van der Waals surface area contributed by atoms with Crippen molar-refractivity contribution in [3.05, 3.63) is 29.0 Å². The van der Waals surface area contributed by atoms with Crippen LogP contribution in [-0.4, -0.2) is 4.98 Å². The molecule has 0 radical (unpaired) electrons. The van der Waals surface area contributed by atoms with Gasteiger partial charge >= 0.3 is 0 Å². The number of halogens is 1. The average molecular weight is 184 g/mol. The van der Waals surface area contributed by atoms with Crippen LogP contribution in [0.15, 0.2) is 18.3 Å². The molecule has 0 aliphatic heterocycles. The largest absolute Gasteiger partial charge is 0.245 e. The summed E-state index contributed by atoms with van der Waals surface area (Å²) in [5, 5.41) is 0.597. The third kappa shape index (κ3) is 2.21. The molecule has 1 aromatic heterocycles. The molecule has 12 heavy (non-hydrogen) atoms. The van der Waals surface area contributed by atoms with Crippen LogP contribution >= 0.6 is 11.6 Å². The van der Waals surface area contributed by atoms with Crippen molar-refractivity contribution in [2.75, 3.05) is 0 Å². The summed E-state index contributed by atoms with van der Waals surface area (Å²) >= 11 is 5.79. The van der Waals surface area contributed by atoms with E-state index in [2.05, 4.69) is 18.8 Å². The molecule has 0 atom stereocenters. The van der Waals surface area contributed by atoms with E-state index in [-0.39, 0.29) is 0 Å². The first-order valence-corrected chi connectivity index (χ1v) is 4.77. The third-order valence-electron chi connectivity index (χ3n) is 2.21. The summed E-state index contributed by atoms with van der Waals surface area (Å²) < 4.78 is 0. The second-order valence-electron chi connectivity index (χ2n) is 2.93. The molecule has 1 nitrogen and oxygen atoms in total. The van der Waals surface area contributed by atoms with E-state index < -0.39 is 0 Å². The SMILES string of the molecule is CCC(CC)c1ccnc(Cl)c1. The zero-order chi connectivity index (χ0) is 8.97. The van der Waals surface area contributed by atoms with Crippen LogP contribution in [0.25, 0.3) is 0 Å². The van der Waals surface area contributed by atoms with Gasteiger partial charge in [0.05, 0.1) is 0 Å². The van der Waals surface area contributed by atoms with Crippen molar-refractivity contribution in [1.29, 1.82) is 0 Å². The van der Waals surface area contributed by atoms with Crippen LogP contribution in [-0.2, 0) is 0 Å². The van der Waals surface area contributed by atoms with E-state index in [1.165, 1.54) is 5.56 Å². The maximum atomic E-state index is 5.79. The molecule has 1 aromatic rings. The first-order valence-electron chi connectivity index (χ1n) is 4.39. The van der Waals surface area contributed by atoms with Crippen LogP contribution in [0.4, 0.5) is 0 Å². The van der Waals surface area contributed by atoms with E-state index in [4.69, 9.17) is 11.6 Å². The van der Waals surface area contributed by atoms with Gasteiger partial charge in [-0.15, -0.1) is 0 Å². The van der Waals surface area contributed by atoms with Crippen LogP contribution in [0.1, 0.15) is 38.2 Å². The fraction of sp³-hybridized carbons (Fsp3) is 0.500. The maximum Gasteiger partial charge on any atom is 0.129 e. The smallest absolute Gasteiger partial charge is 0.129 e. The van der Waals surface area contributed by atoms with Gasteiger partial charge in [0.1, 0.15) is 5.15 Å². The molecule has 0 amide bonds. The van der Waals surface area contributed by atoms with Crippen LogP contribution in [0.3, 0.4) is 0 Å². The molecule has 66 valence electrons. The quantitative estimate of drug-likeness (QED) is 0.652. The lowest BCUT2D eigenvalue weighted by Crippen LogP contribution is -1.95. The first-order chi connectivity index (χ1) is 5.77. The molecule has 0 bridgehead atoms. The zero-order valence-electron chi connectivity index (χ0n) is 7.55. The zero-order valence-corrected chi connectivity index (χ0v) is 8.30. The minimum Gasteiger partial charge on any atom is -0.245 e. The van der Waals surface area contributed by atoms with Gasteiger partial charge < -0.3 is 0 Å². The van der Waals surface area contributed by atoms with E-state index in [0.717, 1.165) is 12.8 Å². The average Bonchev–Trinajstić information content (AvgIpc) is 2.07.